The molecule has 1 unspecified atom stereocenters. The Balaban J connectivity index is 1.93. The number of benzene rings is 1. The Morgan fingerprint density at radius 3 is 2.79 bits per heavy atom. The first-order chi connectivity index (χ1) is 11.5. The molecule has 1 aromatic carbocycles. The monoisotopic (exact) mass is 333 g/mol. The van der Waals surface area contributed by atoms with Crippen molar-refractivity contribution in [2.45, 2.75) is 12.6 Å². The zero-order valence-electron chi connectivity index (χ0n) is 15.6. The summed E-state index contributed by atoms with van der Waals surface area (Å²) in [5.41, 5.74) is 1.15. The Labute approximate surface area is 146 Å². The zero-order valence-corrected chi connectivity index (χ0v) is 15.6. The Kier molecular flexibility index (Phi) is 6.87. The number of aliphatic imine (C=N–C) groups is 1. The molecule has 0 amide bonds. The third kappa shape index (κ3) is 4.85. The third-order valence-electron chi connectivity index (χ3n) is 4.65. The molecule has 1 aromatic rings. The molecule has 1 heterocycles. The van der Waals surface area contributed by atoms with Gasteiger partial charge in [-0.15, -0.1) is 0 Å². The lowest BCUT2D eigenvalue weighted by molar-refractivity contribution is 0.116. The van der Waals surface area contributed by atoms with Crippen LogP contribution in [0.25, 0.3) is 0 Å². The van der Waals surface area contributed by atoms with Crippen molar-refractivity contribution < 1.29 is 4.74 Å². The van der Waals surface area contributed by atoms with Crippen molar-refractivity contribution in [1.82, 2.24) is 20.0 Å². The number of piperazine rings is 1. The van der Waals surface area contributed by atoms with Crippen LogP contribution >= 0.6 is 0 Å². The van der Waals surface area contributed by atoms with Gasteiger partial charge in [0.1, 0.15) is 5.75 Å². The van der Waals surface area contributed by atoms with Gasteiger partial charge in [0.2, 0.25) is 0 Å². The van der Waals surface area contributed by atoms with Crippen LogP contribution in [0, 0.1) is 0 Å². The van der Waals surface area contributed by atoms with Gasteiger partial charge in [-0.1, -0.05) is 18.2 Å². The summed E-state index contributed by atoms with van der Waals surface area (Å²) in [5, 5.41) is 3.51. The van der Waals surface area contributed by atoms with Gasteiger partial charge in [-0.25, -0.2) is 0 Å². The summed E-state index contributed by atoms with van der Waals surface area (Å²) in [6.45, 7) is 4.97. The van der Waals surface area contributed by atoms with E-state index >= 15 is 0 Å². The second kappa shape index (κ2) is 8.89. The first-order valence-electron chi connectivity index (χ1n) is 8.47. The molecule has 2 rings (SSSR count). The number of guanidine groups is 1. The summed E-state index contributed by atoms with van der Waals surface area (Å²) in [6.07, 6.45) is 0. The number of hydrogen-bond donors (Lipinski definition) is 1. The summed E-state index contributed by atoms with van der Waals surface area (Å²) in [5.74, 6) is 1.82. The van der Waals surface area contributed by atoms with Gasteiger partial charge in [0, 0.05) is 58.4 Å². The number of rotatable bonds is 5. The molecule has 24 heavy (non-hydrogen) atoms. The van der Waals surface area contributed by atoms with E-state index in [1.165, 1.54) is 0 Å². The SMILES string of the molecule is CN=C(NCC1CN(C)CCN1C)N(C)Cc1ccccc1OC. The second-order valence-electron chi connectivity index (χ2n) is 6.49. The van der Waals surface area contributed by atoms with Crippen molar-refractivity contribution in [3.63, 3.8) is 0 Å². The highest BCUT2D eigenvalue weighted by atomic mass is 16.5. The highest BCUT2D eigenvalue weighted by Crippen LogP contribution is 2.18. The molecule has 0 aliphatic carbocycles. The maximum atomic E-state index is 5.44. The average molecular weight is 333 g/mol. The first kappa shape index (κ1) is 18.5. The number of likely N-dealkylation sites (N-methyl/N-ethyl adjacent to an activating group) is 2. The number of ether oxygens (including phenoxy) is 1. The predicted molar refractivity (Wildman–Crippen MR) is 99.7 cm³/mol. The minimum atomic E-state index is 0.500. The third-order valence-corrected chi connectivity index (χ3v) is 4.65. The molecule has 0 radical (unpaired) electrons. The fraction of sp³-hybridized carbons (Fsp3) is 0.611. The van der Waals surface area contributed by atoms with Crippen LogP contribution in [0.2, 0.25) is 0 Å². The maximum absolute atomic E-state index is 5.44. The van der Waals surface area contributed by atoms with Gasteiger partial charge >= 0.3 is 0 Å². The molecule has 1 N–H and O–H groups in total. The quantitative estimate of drug-likeness (QED) is 0.642. The standard InChI is InChI=1S/C18H31N5O/c1-19-18(20-12-16-14-21(2)10-11-22(16)3)23(4)13-15-8-6-7-9-17(15)24-5/h6-9,16H,10-14H2,1-5H3,(H,19,20). The average Bonchev–Trinajstić information content (AvgIpc) is 2.58. The Hall–Kier alpha value is -1.79. The largest absolute Gasteiger partial charge is 0.496 e. The lowest BCUT2D eigenvalue weighted by Crippen LogP contribution is -2.55. The molecule has 1 atom stereocenters. The second-order valence-corrected chi connectivity index (χ2v) is 6.49. The smallest absolute Gasteiger partial charge is 0.193 e. The van der Waals surface area contributed by atoms with E-state index in [4.69, 9.17) is 4.74 Å². The van der Waals surface area contributed by atoms with E-state index in [1.807, 2.05) is 25.2 Å². The Morgan fingerprint density at radius 2 is 2.08 bits per heavy atom. The fourth-order valence-electron chi connectivity index (χ4n) is 3.08. The van der Waals surface area contributed by atoms with Crippen LogP contribution in [0.3, 0.4) is 0 Å². The van der Waals surface area contributed by atoms with Gasteiger partial charge in [-0.2, -0.15) is 0 Å². The van der Waals surface area contributed by atoms with Crippen molar-refractivity contribution >= 4 is 5.96 Å². The Bertz CT molecular complexity index is 548. The normalized spacial score (nSPS) is 20.0. The van der Waals surface area contributed by atoms with E-state index in [9.17, 15) is 0 Å². The number of hydrogen-bond acceptors (Lipinski definition) is 4. The molecule has 1 aliphatic heterocycles. The number of nitrogens with one attached hydrogen (secondary N) is 1. The molecule has 0 spiro atoms. The highest BCUT2D eigenvalue weighted by molar-refractivity contribution is 5.79. The van der Waals surface area contributed by atoms with Gasteiger partial charge < -0.3 is 19.9 Å². The topological polar surface area (TPSA) is 43.3 Å². The summed E-state index contributed by atoms with van der Waals surface area (Å²) in [6, 6.07) is 8.61. The van der Waals surface area contributed by atoms with Crippen LogP contribution in [-0.2, 0) is 6.54 Å². The number of nitrogens with zero attached hydrogens (tertiary/aromatic N) is 4. The van der Waals surface area contributed by atoms with Crippen LogP contribution in [-0.4, -0.2) is 88.2 Å². The molecule has 1 aliphatic rings. The fourth-order valence-corrected chi connectivity index (χ4v) is 3.08. The molecule has 0 bridgehead atoms. The summed E-state index contributed by atoms with van der Waals surface area (Å²) in [7, 11) is 9.97. The van der Waals surface area contributed by atoms with E-state index in [-0.39, 0.29) is 0 Å². The summed E-state index contributed by atoms with van der Waals surface area (Å²) >= 11 is 0. The predicted octanol–water partition coefficient (Wildman–Crippen LogP) is 0.948. The summed E-state index contributed by atoms with van der Waals surface area (Å²) < 4.78 is 5.44. The van der Waals surface area contributed by atoms with E-state index < -0.39 is 0 Å². The van der Waals surface area contributed by atoms with E-state index in [2.05, 4.69) is 52.2 Å². The van der Waals surface area contributed by atoms with Gasteiger partial charge in [0.15, 0.2) is 5.96 Å². The van der Waals surface area contributed by atoms with Crippen LogP contribution in [0.4, 0.5) is 0 Å². The van der Waals surface area contributed by atoms with Crippen molar-refractivity contribution in [1.29, 1.82) is 0 Å². The van der Waals surface area contributed by atoms with E-state index in [0.717, 1.165) is 50.0 Å². The van der Waals surface area contributed by atoms with Crippen molar-refractivity contribution in [3.8, 4) is 5.75 Å². The van der Waals surface area contributed by atoms with E-state index in [1.54, 1.807) is 7.11 Å². The minimum Gasteiger partial charge on any atom is -0.496 e. The number of para-hydroxylation sites is 1. The Morgan fingerprint density at radius 1 is 1.33 bits per heavy atom. The minimum absolute atomic E-state index is 0.500. The van der Waals surface area contributed by atoms with Crippen molar-refractivity contribution in [3.05, 3.63) is 29.8 Å². The van der Waals surface area contributed by atoms with Crippen LogP contribution in [0.1, 0.15) is 5.56 Å². The zero-order chi connectivity index (χ0) is 17.5. The summed E-state index contributed by atoms with van der Waals surface area (Å²) in [4.78, 5) is 11.4. The lowest BCUT2D eigenvalue weighted by Gasteiger charge is -2.38. The lowest BCUT2D eigenvalue weighted by atomic mass is 10.2. The van der Waals surface area contributed by atoms with Crippen LogP contribution in [0.5, 0.6) is 5.75 Å². The first-order valence-corrected chi connectivity index (χ1v) is 8.47. The van der Waals surface area contributed by atoms with Crippen LogP contribution < -0.4 is 10.1 Å². The molecular weight excluding hydrogens is 302 g/mol. The molecule has 1 saturated heterocycles. The van der Waals surface area contributed by atoms with E-state index in [0.29, 0.717) is 6.04 Å². The maximum Gasteiger partial charge on any atom is 0.193 e. The van der Waals surface area contributed by atoms with Gasteiger partial charge in [0.05, 0.1) is 7.11 Å². The van der Waals surface area contributed by atoms with Crippen molar-refractivity contribution in [2.75, 3.05) is 61.5 Å². The van der Waals surface area contributed by atoms with Gasteiger partial charge in [-0.05, 0) is 20.2 Å². The van der Waals surface area contributed by atoms with Crippen molar-refractivity contribution in [2.24, 2.45) is 4.99 Å². The number of methoxy groups -OCH3 is 1. The molecular formula is C18H31N5O. The molecule has 6 nitrogen and oxygen atoms in total. The molecule has 1 fully saturated rings. The van der Waals surface area contributed by atoms with Crippen LogP contribution in [0.15, 0.2) is 29.3 Å². The molecule has 134 valence electrons. The molecule has 6 heteroatoms. The van der Waals surface area contributed by atoms with Gasteiger partial charge in [-0.3, -0.25) is 9.89 Å². The van der Waals surface area contributed by atoms with Gasteiger partial charge in [0.25, 0.3) is 0 Å². The molecule has 0 aromatic heterocycles. The highest BCUT2D eigenvalue weighted by Gasteiger charge is 2.22. The molecule has 0 saturated carbocycles.